The van der Waals surface area contributed by atoms with Crippen molar-refractivity contribution in [3.05, 3.63) is 0 Å². The van der Waals surface area contributed by atoms with Crippen LogP contribution in [-0.2, 0) is 4.79 Å². The second-order valence-corrected chi connectivity index (χ2v) is 5.56. The lowest BCUT2D eigenvalue weighted by molar-refractivity contribution is -0.156. The summed E-state index contributed by atoms with van der Waals surface area (Å²) in [6.07, 6.45) is 3.26. The van der Waals surface area contributed by atoms with Gasteiger partial charge in [-0.05, 0) is 31.6 Å². The molecule has 2 unspecified atom stereocenters. The van der Waals surface area contributed by atoms with Crippen LogP contribution in [0.5, 0.6) is 0 Å². The van der Waals surface area contributed by atoms with Crippen LogP contribution >= 0.6 is 0 Å². The van der Waals surface area contributed by atoms with Crippen molar-refractivity contribution < 1.29 is 15.0 Å². The number of rotatable bonds is 4. The Balaban J connectivity index is 2.36. The van der Waals surface area contributed by atoms with Crippen molar-refractivity contribution in [1.29, 1.82) is 0 Å². The Kier molecular flexibility index (Phi) is 3.41. The Morgan fingerprint density at radius 2 is 2.20 bits per heavy atom. The molecule has 0 aromatic heterocycles. The summed E-state index contributed by atoms with van der Waals surface area (Å²) in [5.41, 5.74) is -1.32. The highest BCUT2D eigenvalue weighted by Gasteiger charge is 2.34. The molecule has 4 heteroatoms. The van der Waals surface area contributed by atoms with Gasteiger partial charge >= 0.3 is 5.97 Å². The predicted octanol–water partition coefficient (Wildman–Crippen LogP) is 0.990. The first-order chi connectivity index (χ1) is 6.73. The minimum Gasteiger partial charge on any atom is -0.479 e. The van der Waals surface area contributed by atoms with E-state index in [-0.39, 0.29) is 6.54 Å². The molecule has 0 spiro atoms. The molecule has 0 saturated heterocycles. The number of hydrogen-bond acceptors (Lipinski definition) is 3. The molecule has 1 aliphatic rings. The summed E-state index contributed by atoms with van der Waals surface area (Å²) < 4.78 is 0. The molecule has 88 valence electrons. The summed E-state index contributed by atoms with van der Waals surface area (Å²) in [5, 5.41) is 21.4. The summed E-state index contributed by atoms with van der Waals surface area (Å²) in [4.78, 5) is 10.7. The summed E-state index contributed by atoms with van der Waals surface area (Å²) in [5.74, 6) is -1.17. The molecule has 0 heterocycles. The Morgan fingerprint density at radius 1 is 1.60 bits per heavy atom. The highest BCUT2D eigenvalue weighted by Crippen LogP contribution is 2.36. The third kappa shape index (κ3) is 3.47. The van der Waals surface area contributed by atoms with E-state index in [1.165, 1.54) is 6.92 Å². The average molecular weight is 215 g/mol. The van der Waals surface area contributed by atoms with Crippen LogP contribution in [0.2, 0.25) is 0 Å². The van der Waals surface area contributed by atoms with E-state index in [9.17, 15) is 9.90 Å². The maximum Gasteiger partial charge on any atom is 0.336 e. The zero-order valence-corrected chi connectivity index (χ0v) is 9.71. The van der Waals surface area contributed by atoms with Gasteiger partial charge in [-0.1, -0.05) is 13.8 Å². The quantitative estimate of drug-likeness (QED) is 0.654. The number of carboxylic acid groups (broad SMARTS) is 1. The number of aliphatic hydroxyl groups is 1. The fraction of sp³-hybridized carbons (Fsp3) is 0.909. The summed E-state index contributed by atoms with van der Waals surface area (Å²) in [7, 11) is 0. The van der Waals surface area contributed by atoms with E-state index in [1.807, 2.05) is 0 Å². The Labute approximate surface area is 90.7 Å². The van der Waals surface area contributed by atoms with Crippen molar-refractivity contribution in [3.8, 4) is 0 Å². The number of aliphatic carboxylic acids is 1. The van der Waals surface area contributed by atoms with Gasteiger partial charge in [0.2, 0.25) is 0 Å². The van der Waals surface area contributed by atoms with Gasteiger partial charge in [0.25, 0.3) is 0 Å². The normalized spacial score (nSPS) is 28.7. The van der Waals surface area contributed by atoms with Gasteiger partial charge in [-0.25, -0.2) is 4.79 Å². The third-order valence-corrected chi connectivity index (χ3v) is 3.16. The SMILES string of the molecule is CC1(C)CCC(NCC(C)(O)C(=O)O)C1. The molecule has 1 rings (SSSR count). The second-order valence-electron chi connectivity index (χ2n) is 5.56. The molecular formula is C11H21NO3. The number of carbonyl (C=O) groups is 1. The van der Waals surface area contributed by atoms with Crippen LogP contribution in [-0.4, -0.2) is 34.4 Å². The summed E-state index contributed by atoms with van der Waals surface area (Å²) >= 11 is 0. The maximum atomic E-state index is 10.7. The average Bonchev–Trinajstić information content (AvgIpc) is 2.42. The van der Waals surface area contributed by atoms with Gasteiger partial charge in [-0.2, -0.15) is 0 Å². The lowest BCUT2D eigenvalue weighted by Crippen LogP contribution is -2.47. The smallest absolute Gasteiger partial charge is 0.336 e. The van der Waals surface area contributed by atoms with E-state index in [0.717, 1.165) is 19.3 Å². The summed E-state index contributed by atoms with van der Waals surface area (Å²) in [6, 6.07) is 0.339. The molecule has 2 atom stereocenters. The first-order valence-corrected chi connectivity index (χ1v) is 5.42. The van der Waals surface area contributed by atoms with Crippen LogP contribution in [0.25, 0.3) is 0 Å². The van der Waals surface area contributed by atoms with E-state index >= 15 is 0 Å². The molecule has 3 N–H and O–H groups in total. The van der Waals surface area contributed by atoms with Gasteiger partial charge < -0.3 is 15.5 Å². The van der Waals surface area contributed by atoms with Crippen LogP contribution in [0.15, 0.2) is 0 Å². The number of nitrogens with one attached hydrogen (secondary N) is 1. The van der Waals surface area contributed by atoms with Crippen molar-refractivity contribution in [1.82, 2.24) is 5.32 Å². The van der Waals surface area contributed by atoms with Gasteiger partial charge in [0.1, 0.15) is 0 Å². The lowest BCUT2D eigenvalue weighted by Gasteiger charge is -2.22. The number of carboxylic acids is 1. The van der Waals surface area contributed by atoms with E-state index in [1.54, 1.807) is 0 Å². The van der Waals surface area contributed by atoms with E-state index in [0.29, 0.717) is 11.5 Å². The Bertz CT molecular complexity index is 248. The van der Waals surface area contributed by atoms with E-state index in [2.05, 4.69) is 19.2 Å². The molecule has 0 aromatic rings. The topological polar surface area (TPSA) is 69.6 Å². The van der Waals surface area contributed by atoms with Crippen molar-refractivity contribution in [2.45, 2.75) is 51.7 Å². The third-order valence-electron chi connectivity index (χ3n) is 3.16. The zero-order chi connectivity index (χ0) is 11.7. The molecular weight excluding hydrogens is 194 g/mol. The molecule has 1 fully saturated rings. The molecule has 4 nitrogen and oxygen atoms in total. The second kappa shape index (κ2) is 4.10. The van der Waals surface area contributed by atoms with Gasteiger partial charge in [0, 0.05) is 12.6 Å². The largest absolute Gasteiger partial charge is 0.479 e. The first kappa shape index (κ1) is 12.5. The van der Waals surface area contributed by atoms with E-state index < -0.39 is 11.6 Å². The highest BCUT2D eigenvalue weighted by atomic mass is 16.4. The van der Waals surface area contributed by atoms with Gasteiger partial charge in [-0.3, -0.25) is 0 Å². The van der Waals surface area contributed by atoms with Crippen LogP contribution in [0, 0.1) is 5.41 Å². The van der Waals surface area contributed by atoms with Crippen LogP contribution in [0.1, 0.15) is 40.0 Å². The minimum atomic E-state index is -1.66. The van der Waals surface area contributed by atoms with Gasteiger partial charge in [-0.15, -0.1) is 0 Å². The lowest BCUT2D eigenvalue weighted by atomic mass is 9.92. The van der Waals surface area contributed by atoms with Crippen molar-refractivity contribution >= 4 is 5.97 Å². The fourth-order valence-corrected chi connectivity index (χ4v) is 2.03. The van der Waals surface area contributed by atoms with Gasteiger partial charge in [0.05, 0.1) is 0 Å². The molecule has 1 aliphatic carbocycles. The minimum absolute atomic E-state index is 0.114. The number of hydrogen-bond donors (Lipinski definition) is 3. The fourth-order valence-electron chi connectivity index (χ4n) is 2.03. The van der Waals surface area contributed by atoms with E-state index in [4.69, 9.17) is 5.11 Å². The van der Waals surface area contributed by atoms with Crippen molar-refractivity contribution in [3.63, 3.8) is 0 Å². The summed E-state index contributed by atoms with van der Waals surface area (Å²) in [6.45, 7) is 5.86. The highest BCUT2D eigenvalue weighted by molar-refractivity contribution is 5.76. The van der Waals surface area contributed by atoms with Gasteiger partial charge in [0.15, 0.2) is 5.60 Å². The molecule has 0 amide bonds. The molecule has 0 radical (unpaired) electrons. The Morgan fingerprint density at radius 3 is 2.60 bits per heavy atom. The molecule has 0 bridgehead atoms. The monoisotopic (exact) mass is 215 g/mol. The van der Waals surface area contributed by atoms with Crippen molar-refractivity contribution in [2.24, 2.45) is 5.41 Å². The molecule has 0 aromatic carbocycles. The Hall–Kier alpha value is -0.610. The first-order valence-electron chi connectivity index (χ1n) is 5.42. The zero-order valence-electron chi connectivity index (χ0n) is 9.71. The maximum absolute atomic E-state index is 10.7. The predicted molar refractivity (Wildman–Crippen MR) is 57.7 cm³/mol. The van der Waals surface area contributed by atoms with Crippen LogP contribution in [0.4, 0.5) is 0 Å². The molecule has 15 heavy (non-hydrogen) atoms. The molecule has 1 saturated carbocycles. The van der Waals surface area contributed by atoms with Crippen molar-refractivity contribution in [2.75, 3.05) is 6.54 Å². The van der Waals surface area contributed by atoms with Crippen LogP contribution < -0.4 is 5.32 Å². The van der Waals surface area contributed by atoms with Crippen LogP contribution in [0.3, 0.4) is 0 Å². The standard InChI is InChI=1S/C11H21NO3/c1-10(2)5-4-8(6-10)12-7-11(3,15)9(13)14/h8,12,15H,4-7H2,1-3H3,(H,13,14). The molecule has 0 aliphatic heterocycles.